The summed E-state index contributed by atoms with van der Waals surface area (Å²) in [5.74, 6) is 1.09. The van der Waals surface area contributed by atoms with E-state index < -0.39 is 22.3 Å². The number of urea groups is 1. The standard InChI is InChI=1S/C18H23N3O4S/c1-12(2)14-4-8-16(9-5-14)25-13(3)20-18(22)21-15-6-10-17(11-7-15)26(19,23)24/h4-13H,1-3H3,(H2,19,23,24)(H2,20,21,22). The Balaban J connectivity index is 1.88. The molecule has 26 heavy (non-hydrogen) atoms. The van der Waals surface area contributed by atoms with Gasteiger partial charge in [0.1, 0.15) is 5.75 Å². The van der Waals surface area contributed by atoms with E-state index >= 15 is 0 Å². The molecule has 1 unspecified atom stereocenters. The van der Waals surface area contributed by atoms with Crippen LogP contribution in [-0.2, 0) is 10.0 Å². The van der Waals surface area contributed by atoms with Crippen LogP contribution in [0.25, 0.3) is 0 Å². The lowest BCUT2D eigenvalue weighted by Gasteiger charge is -2.17. The van der Waals surface area contributed by atoms with Crippen LogP contribution in [0.15, 0.2) is 53.4 Å². The number of ether oxygens (including phenoxy) is 1. The molecular formula is C18H23N3O4S. The summed E-state index contributed by atoms with van der Waals surface area (Å²) in [5, 5.41) is 10.3. The zero-order chi connectivity index (χ0) is 19.3. The summed E-state index contributed by atoms with van der Waals surface area (Å²) in [5.41, 5.74) is 1.64. The second kappa shape index (κ2) is 8.20. The first-order chi connectivity index (χ1) is 12.1. The Hall–Kier alpha value is -2.58. The third kappa shape index (κ3) is 5.75. The number of carbonyl (C=O) groups is 1. The summed E-state index contributed by atoms with van der Waals surface area (Å²) in [7, 11) is -3.76. The maximum absolute atomic E-state index is 12.0. The molecule has 0 saturated carbocycles. The zero-order valence-corrected chi connectivity index (χ0v) is 15.7. The highest BCUT2D eigenvalue weighted by Crippen LogP contribution is 2.19. The molecule has 2 aromatic carbocycles. The van der Waals surface area contributed by atoms with E-state index in [1.165, 1.54) is 29.8 Å². The third-order valence-electron chi connectivity index (χ3n) is 3.63. The fourth-order valence-corrected chi connectivity index (χ4v) is 2.76. The van der Waals surface area contributed by atoms with Crippen molar-refractivity contribution in [3.8, 4) is 5.75 Å². The smallest absolute Gasteiger partial charge is 0.322 e. The second-order valence-corrected chi connectivity index (χ2v) is 7.71. The lowest BCUT2D eigenvalue weighted by atomic mass is 10.0. The average molecular weight is 377 g/mol. The van der Waals surface area contributed by atoms with Crippen molar-refractivity contribution < 1.29 is 17.9 Å². The van der Waals surface area contributed by atoms with Crippen molar-refractivity contribution in [2.75, 3.05) is 5.32 Å². The molecule has 8 heteroatoms. The fourth-order valence-electron chi connectivity index (χ4n) is 2.24. The summed E-state index contributed by atoms with van der Waals surface area (Å²) >= 11 is 0. The van der Waals surface area contributed by atoms with Gasteiger partial charge in [0, 0.05) is 5.69 Å². The summed E-state index contributed by atoms with van der Waals surface area (Å²) < 4.78 is 28.1. The Morgan fingerprint density at radius 1 is 1.00 bits per heavy atom. The minimum atomic E-state index is -3.76. The van der Waals surface area contributed by atoms with Crippen LogP contribution < -0.4 is 20.5 Å². The number of hydrogen-bond acceptors (Lipinski definition) is 4. The predicted molar refractivity (Wildman–Crippen MR) is 101 cm³/mol. The predicted octanol–water partition coefficient (Wildman–Crippen LogP) is 3.00. The van der Waals surface area contributed by atoms with Gasteiger partial charge in [-0.05, 0) is 54.8 Å². The average Bonchev–Trinajstić information content (AvgIpc) is 2.54. The summed E-state index contributed by atoms with van der Waals surface area (Å²) in [4.78, 5) is 12.0. The van der Waals surface area contributed by atoms with Crippen molar-refractivity contribution in [2.24, 2.45) is 5.14 Å². The number of hydrogen-bond donors (Lipinski definition) is 3. The van der Waals surface area contributed by atoms with Crippen LogP contribution >= 0.6 is 0 Å². The van der Waals surface area contributed by atoms with Gasteiger partial charge in [0.15, 0.2) is 6.23 Å². The van der Waals surface area contributed by atoms with Gasteiger partial charge in [0.2, 0.25) is 10.0 Å². The second-order valence-electron chi connectivity index (χ2n) is 6.15. The Morgan fingerprint density at radius 3 is 2.08 bits per heavy atom. The van der Waals surface area contributed by atoms with Crippen molar-refractivity contribution in [1.29, 1.82) is 0 Å². The number of nitrogens with one attached hydrogen (secondary N) is 2. The van der Waals surface area contributed by atoms with Crippen molar-refractivity contribution in [3.63, 3.8) is 0 Å². The van der Waals surface area contributed by atoms with Crippen LogP contribution in [0.1, 0.15) is 32.3 Å². The summed E-state index contributed by atoms with van der Waals surface area (Å²) in [6.45, 7) is 5.93. The van der Waals surface area contributed by atoms with Gasteiger partial charge in [-0.1, -0.05) is 26.0 Å². The van der Waals surface area contributed by atoms with Gasteiger partial charge in [-0.3, -0.25) is 0 Å². The van der Waals surface area contributed by atoms with Crippen molar-refractivity contribution in [2.45, 2.75) is 37.8 Å². The molecule has 0 radical (unpaired) electrons. The number of amides is 2. The maximum atomic E-state index is 12.0. The summed E-state index contributed by atoms with van der Waals surface area (Å²) in [6.07, 6.45) is -0.552. The molecule has 0 bridgehead atoms. The van der Waals surface area contributed by atoms with Crippen LogP contribution in [0.4, 0.5) is 10.5 Å². The van der Waals surface area contributed by atoms with E-state index in [1.807, 2.05) is 24.3 Å². The molecular weight excluding hydrogens is 354 g/mol. The van der Waals surface area contributed by atoms with Crippen LogP contribution in [0.3, 0.4) is 0 Å². The van der Waals surface area contributed by atoms with Gasteiger partial charge in [-0.15, -0.1) is 0 Å². The van der Waals surface area contributed by atoms with Gasteiger partial charge in [-0.2, -0.15) is 0 Å². The Bertz CT molecular complexity index is 847. The van der Waals surface area contributed by atoms with Crippen LogP contribution in [0.2, 0.25) is 0 Å². The van der Waals surface area contributed by atoms with Gasteiger partial charge < -0.3 is 15.4 Å². The summed E-state index contributed by atoms with van der Waals surface area (Å²) in [6, 6.07) is 12.8. The molecule has 4 N–H and O–H groups in total. The first-order valence-corrected chi connectivity index (χ1v) is 9.67. The molecule has 0 aliphatic heterocycles. The molecule has 0 aliphatic rings. The molecule has 0 aromatic heterocycles. The minimum Gasteiger partial charge on any atom is -0.471 e. The highest BCUT2D eigenvalue weighted by Gasteiger charge is 2.11. The van der Waals surface area contributed by atoms with E-state index in [0.717, 1.165) is 0 Å². The number of sulfonamides is 1. The Morgan fingerprint density at radius 2 is 1.58 bits per heavy atom. The molecule has 0 heterocycles. The third-order valence-corrected chi connectivity index (χ3v) is 4.56. The molecule has 0 spiro atoms. The van der Waals surface area contributed by atoms with Crippen molar-refractivity contribution >= 4 is 21.7 Å². The maximum Gasteiger partial charge on any atom is 0.322 e. The molecule has 2 rings (SSSR count). The SMILES string of the molecule is CC(NC(=O)Nc1ccc(S(N)(=O)=O)cc1)Oc1ccc(C(C)C)cc1. The number of rotatable bonds is 6. The lowest BCUT2D eigenvalue weighted by Crippen LogP contribution is -2.39. The number of benzene rings is 2. The van der Waals surface area contributed by atoms with E-state index in [4.69, 9.17) is 9.88 Å². The molecule has 0 saturated heterocycles. The monoisotopic (exact) mass is 377 g/mol. The van der Waals surface area contributed by atoms with Gasteiger partial charge >= 0.3 is 6.03 Å². The molecule has 140 valence electrons. The fraction of sp³-hybridized carbons (Fsp3) is 0.278. The molecule has 1 atom stereocenters. The first-order valence-electron chi connectivity index (χ1n) is 8.12. The quantitative estimate of drug-likeness (QED) is 0.672. The van der Waals surface area contributed by atoms with Crippen molar-refractivity contribution in [1.82, 2.24) is 5.32 Å². The molecule has 0 fully saturated rings. The van der Waals surface area contributed by atoms with Crippen LogP contribution in [0.5, 0.6) is 5.75 Å². The van der Waals surface area contributed by atoms with Crippen molar-refractivity contribution in [3.05, 3.63) is 54.1 Å². The molecule has 7 nitrogen and oxygen atoms in total. The van der Waals surface area contributed by atoms with E-state index in [1.54, 1.807) is 6.92 Å². The Labute approximate surface area is 153 Å². The number of anilines is 1. The first kappa shape index (κ1) is 19.7. The highest BCUT2D eigenvalue weighted by atomic mass is 32.2. The van der Waals surface area contributed by atoms with Crippen LogP contribution in [-0.4, -0.2) is 20.7 Å². The molecule has 0 aliphatic carbocycles. The topological polar surface area (TPSA) is 111 Å². The van der Waals surface area contributed by atoms with Crippen LogP contribution in [0, 0.1) is 0 Å². The minimum absolute atomic E-state index is 0.0231. The zero-order valence-electron chi connectivity index (χ0n) is 14.9. The van der Waals surface area contributed by atoms with Gasteiger partial charge in [0.05, 0.1) is 4.90 Å². The molecule has 2 aromatic rings. The van der Waals surface area contributed by atoms with E-state index in [2.05, 4.69) is 24.5 Å². The number of nitrogens with two attached hydrogens (primary N) is 1. The van der Waals surface area contributed by atoms with Gasteiger partial charge in [-0.25, -0.2) is 18.4 Å². The normalized spacial score (nSPS) is 12.5. The number of primary sulfonamides is 1. The Kier molecular flexibility index (Phi) is 6.23. The lowest BCUT2D eigenvalue weighted by molar-refractivity contribution is 0.183. The van der Waals surface area contributed by atoms with E-state index in [0.29, 0.717) is 17.4 Å². The highest BCUT2D eigenvalue weighted by molar-refractivity contribution is 7.89. The number of carbonyl (C=O) groups excluding carboxylic acids is 1. The largest absolute Gasteiger partial charge is 0.471 e. The van der Waals surface area contributed by atoms with E-state index in [-0.39, 0.29) is 4.90 Å². The van der Waals surface area contributed by atoms with E-state index in [9.17, 15) is 13.2 Å². The van der Waals surface area contributed by atoms with Gasteiger partial charge in [0.25, 0.3) is 0 Å². The molecule has 2 amide bonds.